The number of benzene rings is 1. The van der Waals surface area contributed by atoms with E-state index in [2.05, 4.69) is 0 Å². The normalized spacial score (nSPS) is 8.62. The maximum atomic E-state index is 4.98. The van der Waals surface area contributed by atoms with Gasteiger partial charge < -0.3 is 0 Å². The predicted octanol–water partition coefficient (Wildman–Crippen LogP) is 0.613. The molecule has 0 aliphatic rings. The Bertz CT molecular complexity index is 150. The molecular weight excluding hydrogens is 163 g/mol. The average Bonchev–Trinajstić information content (AvgIpc) is 1.90. The standard InChI is InChI=1S/C6H7AsO/c7-8-6-4-2-1-3-5-6/h1-5H,7H2. The molecule has 0 fully saturated rings. The van der Waals surface area contributed by atoms with Gasteiger partial charge in [0.1, 0.15) is 0 Å². The Hall–Kier alpha value is -0.422. The summed E-state index contributed by atoms with van der Waals surface area (Å²) in [6.45, 7) is 0. The van der Waals surface area contributed by atoms with Crippen LogP contribution in [0.15, 0.2) is 30.3 Å². The van der Waals surface area contributed by atoms with Crippen LogP contribution in [-0.2, 0) is 0 Å². The Balaban J connectivity index is 2.83. The van der Waals surface area contributed by atoms with Crippen molar-refractivity contribution < 1.29 is 3.73 Å². The molecule has 1 unspecified atom stereocenters. The van der Waals surface area contributed by atoms with Gasteiger partial charge in [0.15, 0.2) is 0 Å². The fourth-order valence-corrected chi connectivity index (χ4v) is 0.829. The van der Waals surface area contributed by atoms with Gasteiger partial charge in [-0.25, -0.2) is 0 Å². The molecule has 1 atom stereocenters. The Morgan fingerprint density at radius 3 is 2.12 bits per heavy atom. The molecule has 1 aromatic rings. The number of hydrogen-bond acceptors (Lipinski definition) is 1. The van der Waals surface area contributed by atoms with E-state index in [0.717, 1.165) is 5.75 Å². The van der Waals surface area contributed by atoms with Crippen LogP contribution in [0.25, 0.3) is 0 Å². The second kappa shape index (κ2) is 2.78. The van der Waals surface area contributed by atoms with E-state index in [1.54, 1.807) is 0 Å². The first-order chi connectivity index (χ1) is 3.93. The Morgan fingerprint density at radius 2 is 1.75 bits per heavy atom. The summed E-state index contributed by atoms with van der Waals surface area (Å²) < 4.78 is 4.98. The van der Waals surface area contributed by atoms with Gasteiger partial charge in [-0.3, -0.25) is 0 Å². The monoisotopic (exact) mass is 170 g/mol. The molecule has 1 aromatic carbocycles. The molecule has 0 aliphatic carbocycles. The third-order valence-corrected chi connectivity index (χ3v) is 1.45. The van der Waals surface area contributed by atoms with Gasteiger partial charge in [-0.2, -0.15) is 0 Å². The van der Waals surface area contributed by atoms with Crippen LogP contribution >= 0.6 is 0 Å². The quantitative estimate of drug-likeness (QED) is 0.561. The van der Waals surface area contributed by atoms with Crippen molar-refractivity contribution in [3.05, 3.63) is 30.3 Å². The van der Waals surface area contributed by atoms with Gasteiger partial charge >= 0.3 is 57.0 Å². The molecule has 0 spiro atoms. The molecule has 0 saturated carbocycles. The van der Waals surface area contributed by atoms with E-state index in [-0.39, 0.29) is 0 Å². The van der Waals surface area contributed by atoms with Gasteiger partial charge in [0.2, 0.25) is 0 Å². The van der Waals surface area contributed by atoms with Crippen LogP contribution in [0.5, 0.6) is 5.75 Å². The van der Waals surface area contributed by atoms with Crippen LogP contribution in [0.1, 0.15) is 0 Å². The van der Waals surface area contributed by atoms with Gasteiger partial charge in [-0.15, -0.1) is 0 Å². The summed E-state index contributed by atoms with van der Waals surface area (Å²) in [5, 5.41) is 0. The minimum atomic E-state index is 0.938. The zero-order chi connectivity index (χ0) is 5.82. The van der Waals surface area contributed by atoms with Crippen molar-refractivity contribution in [3.63, 3.8) is 0 Å². The minimum absolute atomic E-state index is 0.938. The Morgan fingerprint density at radius 1 is 1.12 bits per heavy atom. The van der Waals surface area contributed by atoms with Gasteiger partial charge in [0, 0.05) is 0 Å². The zero-order valence-electron chi connectivity index (χ0n) is 4.37. The topological polar surface area (TPSA) is 9.23 Å². The second-order valence-electron chi connectivity index (χ2n) is 1.43. The molecule has 0 aliphatic heterocycles. The Kier molecular flexibility index (Phi) is 1.99. The van der Waals surface area contributed by atoms with Crippen molar-refractivity contribution in [1.29, 1.82) is 0 Å². The predicted molar refractivity (Wildman–Crippen MR) is 35.6 cm³/mol. The molecule has 0 amide bonds. The molecule has 42 valence electrons. The fourth-order valence-electron chi connectivity index (χ4n) is 0.499. The number of rotatable bonds is 1. The van der Waals surface area contributed by atoms with Crippen LogP contribution < -0.4 is 3.73 Å². The Labute approximate surface area is 57.5 Å². The first-order valence-corrected chi connectivity index (χ1v) is 3.34. The first kappa shape index (κ1) is 5.71. The van der Waals surface area contributed by atoms with Crippen molar-refractivity contribution >= 4 is 17.2 Å². The SMILES string of the molecule is [AsH2]Oc1ccccc1. The van der Waals surface area contributed by atoms with Crippen LogP contribution in [0.3, 0.4) is 0 Å². The van der Waals surface area contributed by atoms with E-state index in [9.17, 15) is 0 Å². The van der Waals surface area contributed by atoms with Gasteiger partial charge in [0.05, 0.1) is 0 Å². The van der Waals surface area contributed by atoms with Crippen molar-refractivity contribution in [2.24, 2.45) is 0 Å². The molecule has 0 saturated heterocycles. The summed E-state index contributed by atoms with van der Waals surface area (Å²) in [7, 11) is 0. The molecule has 2 heteroatoms. The summed E-state index contributed by atoms with van der Waals surface area (Å²) in [5.74, 6) is 0.938. The summed E-state index contributed by atoms with van der Waals surface area (Å²) in [4.78, 5) is 0. The van der Waals surface area contributed by atoms with E-state index in [1.807, 2.05) is 30.3 Å². The summed E-state index contributed by atoms with van der Waals surface area (Å²) in [6, 6.07) is 9.74. The fraction of sp³-hybridized carbons (Fsp3) is 0. The molecule has 1 nitrogen and oxygen atoms in total. The number of hydrogen-bond donors (Lipinski definition) is 0. The van der Waals surface area contributed by atoms with E-state index >= 15 is 0 Å². The summed E-state index contributed by atoms with van der Waals surface area (Å²) in [6.07, 6.45) is 0. The van der Waals surface area contributed by atoms with Gasteiger partial charge in [-0.1, -0.05) is 0 Å². The van der Waals surface area contributed by atoms with Gasteiger partial charge in [-0.05, 0) is 0 Å². The van der Waals surface area contributed by atoms with Crippen molar-refractivity contribution in [1.82, 2.24) is 0 Å². The van der Waals surface area contributed by atoms with E-state index in [0.29, 0.717) is 0 Å². The molecule has 1 rings (SSSR count). The zero-order valence-corrected chi connectivity index (χ0v) is 6.79. The van der Waals surface area contributed by atoms with Crippen LogP contribution in [-0.4, -0.2) is 17.2 Å². The molecule has 0 heterocycles. The van der Waals surface area contributed by atoms with Crippen LogP contribution in [0.4, 0.5) is 0 Å². The summed E-state index contributed by atoms with van der Waals surface area (Å²) >= 11 is 1.26. The third kappa shape index (κ3) is 1.27. The molecule has 0 radical (unpaired) electrons. The molecule has 0 bridgehead atoms. The van der Waals surface area contributed by atoms with Crippen molar-refractivity contribution in [2.75, 3.05) is 0 Å². The second-order valence-corrected chi connectivity index (χ2v) is 1.93. The number of para-hydroxylation sites is 1. The molecular formula is C6H7AsO. The average molecular weight is 170 g/mol. The summed E-state index contributed by atoms with van der Waals surface area (Å²) in [5.41, 5.74) is 0. The maximum absolute atomic E-state index is 4.98. The molecule has 0 N–H and O–H groups in total. The molecule has 8 heavy (non-hydrogen) atoms. The van der Waals surface area contributed by atoms with E-state index in [4.69, 9.17) is 3.73 Å². The van der Waals surface area contributed by atoms with Crippen molar-refractivity contribution in [2.45, 2.75) is 0 Å². The van der Waals surface area contributed by atoms with E-state index in [1.165, 1.54) is 17.2 Å². The van der Waals surface area contributed by atoms with Crippen molar-refractivity contribution in [3.8, 4) is 5.75 Å². The molecule has 0 aromatic heterocycles. The van der Waals surface area contributed by atoms with Gasteiger partial charge in [0.25, 0.3) is 0 Å². The van der Waals surface area contributed by atoms with Crippen LogP contribution in [0, 0.1) is 0 Å². The first-order valence-electron chi connectivity index (χ1n) is 2.35. The van der Waals surface area contributed by atoms with E-state index < -0.39 is 0 Å². The van der Waals surface area contributed by atoms with Crippen LogP contribution in [0.2, 0.25) is 0 Å². The third-order valence-electron chi connectivity index (χ3n) is 0.879.